The van der Waals surface area contributed by atoms with Crippen molar-refractivity contribution in [2.24, 2.45) is 11.1 Å². The third kappa shape index (κ3) is 2.23. The van der Waals surface area contributed by atoms with Gasteiger partial charge < -0.3 is 11.1 Å². The van der Waals surface area contributed by atoms with Crippen molar-refractivity contribution in [3.8, 4) is 0 Å². The van der Waals surface area contributed by atoms with Gasteiger partial charge in [-0.1, -0.05) is 18.2 Å². The molecule has 2 nitrogen and oxygen atoms in total. The van der Waals surface area contributed by atoms with E-state index < -0.39 is 0 Å². The molecule has 3 N–H and O–H groups in total. The average molecular weight is 246 g/mol. The molecular weight excluding hydrogens is 228 g/mol. The molecule has 3 heteroatoms. The van der Waals surface area contributed by atoms with E-state index in [0.29, 0.717) is 5.41 Å². The summed E-state index contributed by atoms with van der Waals surface area (Å²) in [7, 11) is 0. The second-order valence-electron chi connectivity index (χ2n) is 5.06. The lowest BCUT2D eigenvalue weighted by molar-refractivity contribution is 0.468. The van der Waals surface area contributed by atoms with Crippen LogP contribution in [0, 0.1) is 5.41 Å². The number of hydrogen-bond donors (Lipinski definition) is 2. The molecule has 1 aliphatic carbocycles. The molecule has 3 rings (SSSR count). The lowest BCUT2D eigenvalue weighted by Gasteiger charge is -2.12. The largest absolute Gasteiger partial charge is 0.330 e. The quantitative estimate of drug-likeness (QED) is 0.851. The second-order valence-corrected chi connectivity index (χ2v) is 5.98. The SMILES string of the molecule is NCC1(CNCc2csc3ccccc23)CC1. The summed E-state index contributed by atoms with van der Waals surface area (Å²) in [5.41, 5.74) is 7.62. The Hall–Kier alpha value is -0.900. The number of nitrogens with one attached hydrogen (secondary N) is 1. The highest BCUT2D eigenvalue weighted by atomic mass is 32.1. The lowest BCUT2D eigenvalue weighted by Crippen LogP contribution is -2.29. The van der Waals surface area contributed by atoms with E-state index in [0.717, 1.165) is 19.6 Å². The Balaban J connectivity index is 1.65. The highest BCUT2D eigenvalue weighted by molar-refractivity contribution is 7.17. The number of fused-ring (bicyclic) bond motifs is 1. The monoisotopic (exact) mass is 246 g/mol. The molecule has 17 heavy (non-hydrogen) atoms. The summed E-state index contributed by atoms with van der Waals surface area (Å²) in [6.07, 6.45) is 2.59. The molecule has 0 amide bonds. The highest BCUT2D eigenvalue weighted by Crippen LogP contribution is 2.43. The normalized spacial score (nSPS) is 17.5. The standard InChI is InChI=1S/C14H18N2S/c15-9-14(5-6-14)10-16-7-11-8-17-13-4-2-1-3-12(11)13/h1-4,8,16H,5-7,9-10,15H2. The fourth-order valence-electron chi connectivity index (χ4n) is 2.26. The zero-order chi connectivity index (χ0) is 11.7. The Labute approximate surface area is 106 Å². The van der Waals surface area contributed by atoms with E-state index in [9.17, 15) is 0 Å². The maximum absolute atomic E-state index is 5.78. The van der Waals surface area contributed by atoms with Gasteiger partial charge in [-0.3, -0.25) is 0 Å². The summed E-state index contributed by atoms with van der Waals surface area (Å²) in [6.45, 7) is 2.85. The van der Waals surface area contributed by atoms with Gasteiger partial charge in [-0.25, -0.2) is 0 Å². The molecule has 1 aromatic carbocycles. The van der Waals surface area contributed by atoms with Crippen molar-refractivity contribution >= 4 is 21.4 Å². The topological polar surface area (TPSA) is 38.0 Å². The first-order valence-corrected chi connectivity index (χ1v) is 7.07. The van der Waals surface area contributed by atoms with Crippen molar-refractivity contribution in [1.82, 2.24) is 5.32 Å². The van der Waals surface area contributed by atoms with Gasteiger partial charge in [0.15, 0.2) is 0 Å². The first-order valence-electron chi connectivity index (χ1n) is 6.19. The molecule has 2 aromatic rings. The van der Waals surface area contributed by atoms with Crippen LogP contribution in [0.25, 0.3) is 10.1 Å². The Morgan fingerprint density at radius 2 is 2.12 bits per heavy atom. The first kappa shape index (κ1) is 11.2. The molecule has 90 valence electrons. The zero-order valence-corrected chi connectivity index (χ0v) is 10.7. The molecule has 1 aromatic heterocycles. The fraction of sp³-hybridized carbons (Fsp3) is 0.429. The number of benzene rings is 1. The number of thiophene rings is 1. The number of rotatable bonds is 5. The van der Waals surface area contributed by atoms with Crippen molar-refractivity contribution in [2.75, 3.05) is 13.1 Å². The molecule has 1 heterocycles. The van der Waals surface area contributed by atoms with E-state index in [-0.39, 0.29) is 0 Å². The van der Waals surface area contributed by atoms with E-state index in [2.05, 4.69) is 35.0 Å². The maximum atomic E-state index is 5.78. The van der Waals surface area contributed by atoms with Crippen LogP contribution in [-0.4, -0.2) is 13.1 Å². The highest BCUT2D eigenvalue weighted by Gasteiger charge is 2.40. The van der Waals surface area contributed by atoms with Crippen molar-refractivity contribution in [2.45, 2.75) is 19.4 Å². The molecule has 0 atom stereocenters. The van der Waals surface area contributed by atoms with E-state index in [1.54, 1.807) is 0 Å². The Morgan fingerprint density at radius 3 is 2.88 bits per heavy atom. The summed E-state index contributed by atoms with van der Waals surface area (Å²) < 4.78 is 1.38. The summed E-state index contributed by atoms with van der Waals surface area (Å²) in [6, 6.07) is 8.61. The third-order valence-corrected chi connectivity index (χ3v) is 4.78. The predicted octanol–water partition coefficient (Wildman–Crippen LogP) is 2.73. The number of nitrogens with two attached hydrogens (primary N) is 1. The second kappa shape index (κ2) is 4.41. The van der Waals surface area contributed by atoms with Crippen molar-refractivity contribution in [3.05, 3.63) is 35.2 Å². The summed E-state index contributed by atoms with van der Waals surface area (Å²) in [4.78, 5) is 0. The molecule has 1 aliphatic rings. The Morgan fingerprint density at radius 1 is 1.29 bits per heavy atom. The average Bonchev–Trinajstić information content (AvgIpc) is 3.04. The van der Waals surface area contributed by atoms with Crippen LogP contribution in [-0.2, 0) is 6.54 Å². The molecule has 0 unspecified atom stereocenters. The van der Waals surface area contributed by atoms with Crippen molar-refractivity contribution < 1.29 is 0 Å². The van der Waals surface area contributed by atoms with Crippen molar-refractivity contribution in [3.63, 3.8) is 0 Å². The molecule has 1 fully saturated rings. The van der Waals surface area contributed by atoms with Gasteiger partial charge in [0.05, 0.1) is 0 Å². The van der Waals surface area contributed by atoms with Crippen LogP contribution >= 0.6 is 11.3 Å². The summed E-state index contributed by atoms with van der Waals surface area (Å²) in [5.74, 6) is 0. The van der Waals surface area contributed by atoms with Gasteiger partial charge in [-0.05, 0) is 47.2 Å². The third-order valence-electron chi connectivity index (χ3n) is 3.77. The predicted molar refractivity (Wildman–Crippen MR) is 74.3 cm³/mol. The zero-order valence-electron chi connectivity index (χ0n) is 9.91. The molecule has 0 aliphatic heterocycles. The van der Waals surface area contributed by atoms with Crippen LogP contribution < -0.4 is 11.1 Å². The van der Waals surface area contributed by atoms with Crippen LogP contribution in [0.5, 0.6) is 0 Å². The minimum atomic E-state index is 0.422. The molecule has 0 spiro atoms. The first-order chi connectivity index (χ1) is 8.33. The number of hydrogen-bond acceptors (Lipinski definition) is 3. The lowest BCUT2D eigenvalue weighted by atomic mass is 10.1. The summed E-state index contributed by atoms with van der Waals surface area (Å²) >= 11 is 1.83. The van der Waals surface area contributed by atoms with Crippen molar-refractivity contribution in [1.29, 1.82) is 0 Å². The smallest absolute Gasteiger partial charge is 0.0346 e. The van der Waals surface area contributed by atoms with Gasteiger partial charge in [0.1, 0.15) is 0 Å². The minimum absolute atomic E-state index is 0.422. The van der Waals surface area contributed by atoms with Gasteiger partial charge in [0.25, 0.3) is 0 Å². The Kier molecular flexibility index (Phi) is 2.90. The van der Waals surface area contributed by atoms with E-state index in [1.807, 2.05) is 11.3 Å². The van der Waals surface area contributed by atoms with Gasteiger partial charge in [-0.15, -0.1) is 11.3 Å². The fourth-order valence-corrected chi connectivity index (χ4v) is 3.22. The van der Waals surface area contributed by atoms with E-state index in [4.69, 9.17) is 5.73 Å². The molecule has 0 bridgehead atoms. The van der Waals surface area contributed by atoms with Gasteiger partial charge in [0, 0.05) is 17.8 Å². The molecule has 0 saturated heterocycles. The van der Waals surface area contributed by atoms with Gasteiger partial charge >= 0.3 is 0 Å². The van der Waals surface area contributed by atoms with Gasteiger partial charge in [0.2, 0.25) is 0 Å². The molecule has 1 saturated carbocycles. The summed E-state index contributed by atoms with van der Waals surface area (Å²) in [5, 5.41) is 7.22. The van der Waals surface area contributed by atoms with Crippen LogP contribution in [0.3, 0.4) is 0 Å². The van der Waals surface area contributed by atoms with Crippen LogP contribution in [0.2, 0.25) is 0 Å². The van der Waals surface area contributed by atoms with E-state index in [1.165, 1.54) is 28.5 Å². The molecule has 0 radical (unpaired) electrons. The Bertz CT molecular complexity index is 514. The minimum Gasteiger partial charge on any atom is -0.330 e. The van der Waals surface area contributed by atoms with Crippen LogP contribution in [0.4, 0.5) is 0 Å². The van der Waals surface area contributed by atoms with Crippen LogP contribution in [0.15, 0.2) is 29.6 Å². The van der Waals surface area contributed by atoms with Gasteiger partial charge in [-0.2, -0.15) is 0 Å². The maximum Gasteiger partial charge on any atom is 0.0346 e. The molecular formula is C14H18N2S. The van der Waals surface area contributed by atoms with E-state index >= 15 is 0 Å². The van der Waals surface area contributed by atoms with Crippen LogP contribution in [0.1, 0.15) is 18.4 Å².